The average molecular weight is 669 g/mol. The molecule has 2 unspecified atom stereocenters. The second-order valence-electron chi connectivity index (χ2n) is 13.5. The molecule has 2 N–H and O–H groups in total. The van der Waals surface area contributed by atoms with Gasteiger partial charge in [0.1, 0.15) is 24.0 Å². The van der Waals surface area contributed by atoms with E-state index in [9.17, 15) is 19.2 Å². The van der Waals surface area contributed by atoms with E-state index in [4.69, 9.17) is 30.5 Å². The van der Waals surface area contributed by atoms with E-state index in [1.807, 2.05) is 58.0 Å². The van der Waals surface area contributed by atoms with Gasteiger partial charge in [0.15, 0.2) is 6.10 Å². The molecule has 2 aromatic rings. The molecule has 1 fully saturated rings. The van der Waals surface area contributed by atoms with Gasteiger partial charge in [-0.3, -0.25) is 14.4 Å². The molecule has 0 bridgehead atoms. The van der Waals surface area contributed by atoms with Gasteiger partial charge >= 0.3 is 11.9 Å². The lowest BCUT2D eigenvalue weighted by Crippen LogP contribution is -2.49. The Hall–Kier alpha value is -3.89. The summed E-state index contributed by atoms with van der Waals surface area (Å²) in [5.74, 6) is -2.85. The number of carbonyl (C=O) groups is 4. The number of benzene rings is 2. The van der Waals surface area contributed by atoms with Crippen LogP contribution >= 0.6 is 11.6 Å². The van der Waals surface area contributed by atoms with Crippen LogP contribution in [-0.2, 0) is 39.8 Å². The minimum atomic E-state index is -1.16. The Balaban J connectivity index is 1.59. The van der Waals surface area contributed by atoms with Gasteiger partial charge in [0.05, 0.1) is 24.2 Å². The van der Waals surface area contributed by atoms with E-state index in [-0.39, 0.29) is 49.3 Å². The number of hydrogen-bond donors (Lipinski definition) is 2. The van der Waals surface area contributed by atoms with Gasteiger partial charge in [-0.15, -0.1) is 0 Å². The highest BCUT2D eigenvalue weighted by Crippen LogP contribution is 2.45. The Morgan fingerprint density at radius 1 is 1.02 bits per heavy atom. The van der Waals surface area contributed by atoms with Crippen molar-refractivity contribution < 1.29 is 38.1 Å². The van der Waals surface area contributed by atoms with Crippen LogP contribution in [0.1, 0.15) is 64.7 Å². The van der Waals surface area contributed by atoms with Gasteiger partial charge in [0.2, 0.25) is 11.8 Å². The topological polar surface area (TPSA) is 133 Å². The normalized spacial score (nSPS) is 26.8. The molecule has 7 atom stereocenters. The molecule has 2 heterocycles. The van der Waals surface area contributed by atoms with E-state index in [0.29, 0.717) is 16.3 Å². The van der Waals surface area contributed by atoms with Crippen LogP contribution in [-0.4, -0.2) is 61.8 Å². The number of cyclic esters (lactones) is 2. The maximum atomic E-state index is 13.6. The van der Waals surface area contributed by atoms with Gasteiger partial charge in [-0.2, -0.15) is 0 Å². The number of ether oxygens (including phenoxy) is 4. The Morgan fingerprint density at radius 3 is 2.40 bits per heavy atom. The number of carbonyl (C=O) groups excluding carboxylic acids is 4. The molecule has 2 amide bonds. The lowest BCUT2D eigenvalue weighted by molar-refractivity contribution is -0.177. The van der Waals surface area contributed by atoms with Crippen LogP contribution in [0.3, 0.4) is 0 Å². The van der Waals surface area contributed by atoms with Crippen LogP contribution in [0.2, 0.25) is 5.02 Å². The van der Waals surface area contributed by atoms with E-state index in [1.54, 1.807) is 31.2 Å². The van der Waals surface area contributed by atoms with Gasteiger partial charge in [-0.25, -0.2) is 4.79 Å². The fourth-order valence-corrected chi connectivity index (χ4v) is 5.78. The number of hydrogen-bond acceptors (Lipinski definition) is 8. The lowest BCUT2D eigenvalue weighted by Gasteiger charge is -2.29. The fourth-order valence-electron chi connectivity index (χ4n) is 5.50. The van der Waals surface area contributed by atoms with Crippen LogP contribution < -0.4 is 15.4 Å². The molecule has 10 nitrogen and oxygen atoms in total. The smallest absolute Gasteiger partial charge is 0.347 e. The summed E-state index contributed by atoms with van der Waals surface area (Å²) in [6.45, 7) is 9.29. The summed E-state index contributed by atoms with van der Waals surface area (Å²) in [4.78, 5) is 53.3. The van der Waals surface area contributed by atoms with Crippen LogP contribution in [0.4, 0.5) is 0 Å². The highest BCUT2D eigenvalue weighted by molar-refractivity contribution is 6.32. The SMILES string of the molecule is COc1ccc(C[C@H]2NC(=O)C=CC[C@@H]([C@H](C)C3OC3c3ccccc3)OC(=O)[C@H](CC(C)(C)C)OC(=O)[C@H](C)CNC2=O)cc1Cl. The van der Waals surface area contributed by atoms with Crippen molar-refractivity contribution in [1.82, 2.24) is 10.6 Å². The highest BCUT2D eigenvalue weighted by atomic mass is 35.5. The number of methoxy groups -OCH3 is 1. The van der Waals surface area contributed by atoms with Gasteiger partial charge in [-0.05, 0) is 34.8 Å². The van der Waals surface area contributed by atoms with E-state index >= 15 is 0 Å². The quantitative estimate of drug-likeness (QED) is 0.307. The second-order valence-corrected chi connectivity index (χ2v) is 13.9. The third kappa shape index (κ3) is 10.3. The van der Waals surface area contributed by atoms with Crippen LogP contribution in [0.15, 0.2) is 60.7 Å². The summed E-state index contributed by atoms with van der Waals surface area (Å²) in [5, 5.41) is 5.87. The monoisotopic (exact) mass is 668 g/mol. The number of amides is 2. The number of esters is 2. The first-order chi connectivity index (χ1) is 22.3. The molecule has 0 spiro atoms. The van der Waals surface area contributed by atoms with Gasteiger partial charge < -0.3 is 29.6 Å². The van der Waals surface area contributed by atoms with Crippen molar-refractivity contribution in [2.45, 2.75) is 84.3 Å². The number of halogens is 1. The van der Waals surface area contributed by atoms with E-state index in [1.165, 1.54) is 13.2 Å². The van der Waals surface area contributed by atoms with Crippen LogP contribution in [0.25, 0.3) is 0 Å². The predicted molar refractivity (Wildman–Crippen MR) is 177 cm³/mol. The maximum absolute atomic E-state index is 13.6. The first kappa shape index (κ1) is 36.0. The van der Waals surface area contributed by atoms with E-state index in [2.05, 4.69) is 10.6 Å². The zero-order valence-corrected chi connectivity index (χ0v) is 28.5. The lowest BCUT2D eigenvalue weighted by atomic mass is 9.89. The van der Waals surface area contributed by atoms with Crippen molar-refractivity contribution in [1.29, 1.82) is 0 Å². The molecule has 2 aromatic carbocycles. The highest BCUT2D eigenvalue weighted by Gasteiger charge is 2.47. The molecule has 0 aromatic heterocycles. The van der Waals surface area contributed by atoms with Gasteiger partial charge in [-0.1, -0.05) is 88.7 Å². The summed E-state index contributed by atoms with van der Waals surface area (Å²) in [6, 6.07) is 13.9. The first-order valence-corrected chi connectivity index (χ1v) is 16.3. The number of rotatable bonds is 7. The average Bonchev–Trinajstić information content (AvgIpc) is 3.82. The van der Waals surface area contributed by atoms with Gasteiger partial charge in [0, 0.05) is 31.7 Å². The summed E-state index contributed by atoms with van der Waals surface area (Å²) in [5.41, 5.74) is 1.36. The van der Waals surface area contributed by atoms with Crippen molar-refractivity contribution in [3.05, 3.63) is 76.8 Å². The molecule has 2 aliphatic heterocycles. The van der Waals surface area contributed by atoms with Crippen molar-refractivity contribution in [2.75, 3.05) is 13.7 Å². The maximum Gasteiger partial charge on any atom is 0.347 e. The van der Waals surface area contributed by atoms with Crippen molar-refractivity contribution in [2.24, 2.45) is 17.3 Å². The zero-order valence-electron chi connectivity index (χ0n) is 27.8. The summed E-state index contributed by atoms with van der Waals surface area (Å²) in [7, 11) is 1.51. The summed E-state index contributed by atoms with van der Waals surface area (Å²) in [6.07, 6.45) is 1.31. The molecule has 2 aliphatic rings. The summed E-state index contributed by atoms with van der Waals surface area (Å²) < 4.78 is 23.0. The van der Waals surface area contributed by atoms with Crippen molar-refractivity contribution in [3.63, 3.8) is 0 Å². The standard InChI is InChI=1S/C36H45ClN2O8/c1-21-20-38-33(41)26(18-23-15-16-28(44-6)25(37)17-23)39-30(40)14-10-13-27(22(2)31-32(47-31)24-11-8-7-9-12-24)45-35(43)29(46-34(21)42)19-36(3,4)5/h7-12,14-17,21-22,26-27,29,31-32H,13,18-20H2,1-6H3,(H,38,41)(H,39,40)/t21-,22+,26-,27+,29+,31?,32?/m1/s1. The third-order valence-corrected chi connectivity index (χ3v) is 8.55. The predicted octanol–water partition coefficient (Wildman–Crippen LogP) is 5.12. The first-order valence-electron chi connectivity index (χ1n) is 15.9. The largest absolute Gasteiger partial charge is 0.495 e. The Kier molecular flexibility index (Phi) is 12.1. The number of epoxide rings is 1. The minimum Gasteiger partial charge on any atom is -0.495 e. The van der Waals surface area contributed by atoms with Crippen molar-refractivity contribution >= 4 is 35.4 Å². The van der Waals surface area contributed by atoms with Gasteiger partial charge in [0.25, 0.3) is 0 Å². The molecule has 47 heavy (non-hydrogen) atoms. The zero-order chi connectivity index (χ0) is 34.3. The Morgan fingerprint density at radius 2 is 1.74 bits per heavy atom. The second kappa shape index (κ2) is 15.8. The molecule has 0 radical (unpaired) electrons. The molecule has 0 saturated carbocycles. The number of nitrogens with one attached hydrogen (secondary N) is 2. The molecule has 4 rings (SSSR count). The van der Waals surface area contributed by atoms with Crippen LogP contribution in [0, 0.1) is 17.3 Å². The third-order valence-electron chi connectivity index (χ3n) is 8.26. The molecule has 11 heteroatoms. The van der Waals surface area contributed by atoms with E-state index < -0.39 is 47.9 Å². The molecule has 1 saturated heterocycles. The van der Waals surface area contributed by atoms with Crippen molar-refractivity contribution in [3.8, 4) is 5.75 Å². The Labute approximate surface area is 281 Å². The van der Waals surface area contributed by atoms with E-state index in [0.717, 1.165) is 5.56 Å². The Bertz CT molecular complexity index is 1460. The molecular weight excluding hydrogens is 624 g/mol. The summed E-state index contributed by atoms with van der Waals surface area (Å²) >= 11 is 6.31. The fraction of sp³-hybridized carbons (Fsp3) is 0.500. The molecular formula is C36H45ClN2O8. The molecule has 0 aliphatic carbocycles. The minimum absolute atomic E-state index is 0.0694. The van der Waals surface area contributed by atoms with Crippen LogP contribution in [0.5, 0.6) is 5.75 Å². The molecule has 254 valence electrons.